The van der Waals surface area contributed by atoms with Gasteiger partial charge in [-0.25, -0.2) is 0 Å². The molecule has 0 radical (unpaired) electrons. The molecular weight excluding hydrogens is 236 g/mol. The topological polar surface area (TPSA) is 45.0 Å². The summed E-state index contributed by atoms with van der Waals surface area (Å²) < 4.78 is 6.17. The van der Waals surface area contributed by atoms with Gasteiger partial charge in [-0.2, -0.15) is 5.26 Å². The molecule has 0 aromatic rings. The summed E-state index contributed by atoms with van der Waals surface area (Å²) in [6.07, 6.45) is 6.60. The molecule has 3 heteroatoms. The van der Waals surface area contributed by atoms with Crippen molar-refractivity contribution in [1.82, 2.24) is 5.32 Å². The van der Waals surface area contributed by atoms with Crippen LogP contribution in [0, 0.1) is 28.1 Å². The van der Waals surface area contributed by atoms with Crippen LogP contribution >= 0.6 is 0 Å². The average Bonchev–Trinajstić information content (AvgIpc) is 3.13. The average molecular weight is 262 g/mol. The smallest absolute Gasteiger partial charge is 0.119 e. The summed E-state index contributed by atoms with van der Waals surface area (Å²) in [6.45, 7) is 7.74. The Balaban J connectivity index is 1.57. The Morgan fingerprint density at radius 3 is 2.53 bits per heavy atom. The van der Waals surface area contributed by atoms with Crippen molar-refractivity contribution in [2.75, 3.05) is 6.61 Å². The Hall–Kier alpha value is -0.590. The second-order valence-corrected chi connectivity index (χ2v) is 7.56. The molecule has 3 nitrogen and oxygen atoms in total. The molecule has 3 aliphatic rings. The van der Waals surface area contributed by atoms with Crippen molar-refractivity contribution in [3.05, 3.63) is 0 Å². The van der Waals surface area contributed by atoms with Crippen LogP contribution in [0.1, 0.15) is 52.9 Å². The molecule has 3 aliphatic carbocycles. The fourth-order valence-corrected chi connectivity index (χ4v) is 4.25. The number of nitrogens with one attached hydrogen (secondary N) is 1. The summed E-state index contributed by atoms with van der Waals surface area (Å²) in [5.74, 6) is 0.805. The van der Waals surface area contributed by atoms with Crippen LogP contribution in [0.5, 0.6) is 0 Å². The molecule has 4 unspecified atom stereocenters. The van der Waals surface area contributed by atoms with Crippen LogP contribution in [0.3, 0.4) is 0 Å². The number of ether oxygens (including phenoxy) is 1. The lowest BCUT2D eigenvalue weighted by atomic mass is 9.70. The quantitative estimate of drug-likeness (QED) is 0.828. The Bertz CT molecular complexity index is 396. The Morgan fingerprint density at radius 2 is 2.05 bits per heavy atom. The van der Waals surface area contributed by atoms with Gasteiger partial charge in [0.2, 0.25) is 0 Å². The van der Waals surface area contributed by atoms with E-state index in [1.165, 1.54) is 32.1 Å². The third kappa shape index (κ3) is 2.10. The highest BCUT2D eigenvalue weighted by molar-refractivity contribution is 5.11. The Labute approximate surface area is 116 Å². The predicted octanol–water partition coefficient (Wildman–Crippen LogP) is 2.86. The van der Waals surface area contributed by atoms with E-state index in [1.807, 2.05) is 0 Å². The van der Waals surface area contributed by atoms with Crippen LogP contribution in [-0.2, 0) is 4.74 Å². The van der Waals surface area contributed by atoms with Crippen molar-refractivity contribution in [3.63, 3.8) is 0 Å². The predicted molar refractivity (Wildman–Crippen MR) is 74.5 cm³/mol. The van der Waals surface area contributed by atoms with Gasteiger partial charge in [-0.3, -0.25) is 5.32 Å². The molecule has 106 valence electrons. The van der Waals surface area contributed by atoms with E-state index < -0.39 is 0 Å². The van der Waals surface area contributed by atoms with Crippen molar-refractivity contribution in [3.8, 4) is 6.07 Å². The molecule has 0 heterocycles. The molecule has 0 aliphatic heterocycles. The van der Waals surface area contributed by atoms with Crippen LogP contribution in [0.4, 0.5) is 0 Å². The lowest BCUT2D eigenvalue weighted by molar-refractivity contribution is -0.0496. The molecule has 19 heavy (non-hydrogen) atoms. The first-order valence-corrected chi connectivity index (χ1v) is 7.74. The van der Waals surface area contributed by atoms with Gasteiger partial charge < -0.3 is 4.74 Å². The number of fused-ring (bicyclic) bond motifs is 2. The van der Waals surface area contributed by atoms with E-state index >= 15 is 0 Å². The molecule has 0 saturated heterocycles. The lowest BCUT2D eigenvalue weighted by Crippen LogP contribution is -2.41. The standard InChI is InChI=1S/C16H26N2O/c1-15(2)11-6-7-16(15,3)14(8-11)19-10-13(9-17)18-12-4-5-12/h11-14,18H,4-8,10H2,1-3H3. The summed E-state index contributed by atoms with van der Waals surface area (Å²) in [5, 5.41) is 12.5. The lowest BCUT2D eigenvalue weighted by Gasteiger charge is -2.39. The normalized spacial score (nSPS) is 41.2. The maximum absolute atomic E-state index is 9.18. The molecule has 2 bridgehead atoms. The molecule has 3 rings (SSSR count). The van der Waals surface area contributed by atoms with Gasteiger partial charge in [-0.15, -0.1) is 0 Å². The first kappa shape index (κ1) is 13.4. The van der Waals surface area contributed by atoms with Gasteiger partial charge >= 0.3 is 0 Å². The van der Waals surface area contributed by atoms with E-state index in [0.717, 1.165) is 5.92 Å². The van der Waals surface area contributed by atoms with Crippen LogP contribution in [-0.4, -0.2) is 24.8 Å². The second-order valence-electron chi connectivity index (χ2n) is 7.56. The molecule has 1 N–H and O–H groups in total. The van der Waals surface area contributed by atoms with Crippen LogP contribution in [0.2, 0.25) is 0 Å². The molecule has 0 aromatic carbocycles. The molecule has 4 atom stereocenters. The van der Waals surface area contributed by atoms with Gasteiger partial charge in [0.1, 0.15) is 6.04 Å². The molecular formula is C16H26N2O. The SMILES string of the molecule is CC1(C)C2CCC1(C)C(OCC(C#N)NC1CC1)C2. The fourth-order valence-electron chi connectivity index (χ4n) is 4.25. The number of rotatable bonds is 5. The monoisotopic (exact) mass is 262 g/mol. The maximum atomic E-state index is 9.18. The highest BCUT2D eigenvalue weighted by Gasteiger charge is 2.61. The highest BCUT2D eigenvalue weighted by Crippen LogP contribution is 2.66. The van der Waals surface area contributed by atoms with E-state index in [2.05, 4.69) is 32.2 Å². The first-order valence-electron chi connectivity index (χ1n) is 7.74. The zero-order valence-corrected chi connectivity index (χ0v) is 12.4. The van der Waals surface area contributed by atoms with Crippen LogP contribution in [0.15, 0.2) is 0 Å². The summed E-state index contributed by atoms with van der Waals surface area (Å²) in [5.41, 5.74) is 0.695. The van der Waals surface area contributed by atoms with E-state index in [1.54, 1.807) is 0 Å². The maximum Gasteiger partial charge on any atom is 0.119 e. The molecule has 0 aromatic heterocycles. The number of hydrogen-bond donors (Lipinski definition) is 1. The minimum absolute atomic E-state index is 0.127. The van der Waals surface area contributed by atoms with E-state index in [9.17, 15) is 5.26 Å². The minimum atomic E-state index is -0.127. The van der Waals surface area contributed by atoms with Gasteiger partial charge in [0, 0.05) is 6.04 Å². The number of hydrogen-bond acceptors (Lipinski definition) is 3. The summed E-state index contributed by atoms with van der Waals surface area (Å²) in [6, 6.07) is 2.78. The van der Waals surface area contributed by atoms with Crippen molar-refractivity contribution < 1.29 is 4.74 Å². The van der Waals surface area contributed by atoms with Crippen molar-refractivity contribution in [1.29, 1.82) is 5.26 Å². The van der Waals surface area contributed by atoms with Crippen LogP contribution < -0.4 is 5.32 Å². The van der Waals surface area contributed by atoms with Crippen LogP contribution in [0.25, 0.3) is 0 Å². The van der Waals surface area contributed by atoms with Crippen molar-refractivity contribution in [2.45, 2.75) is 71.1 Å². The molecule has 3 fully saturated rings. The third-order valence-electron chi connectivity index (χ3n) is 6.35. The molecule has 0 spiro atoms. The van der Waals surface area contributed by atoms with Gasteiger partial charge in [0.15, 0.2) is 0 Å². The third-order valence-corrected chi connectivity index (χ3v) is 6.35. The van der Waals surface area contributed by atoms with Gasteiger partial charge in [-0.05, 0) is 48.9 Å². The van der Waals surface area contributed by atoms with E-state index in [0.29, 0.717) is 29.6 Å². The molecule has 3 saturated carbocycles. The van der Waals surface area contributed by atoms with Crippen molar-refractivity contribution >= 4 is 0 Å². The number of nitrogens with zero attached hydrogens (tertiary/aromatic N) is 1. The highest BCUT2D eigenvalue weighted by atomic mass is 16.5. The number of nitriles is 1. The van der Waals surface area contributed by atoms with E-state index in [-0.39, 0.29) is 6.04 Å². The fraction of sp³-hybridized carbons (Fsp3) is 0.938. The largest absolute Gasteiger partial charge is 0.375 e. The molecule has 0 amide bonds. The summed E-state index contributed by atoms with van der Waals surface area (Å²) in [7, 11) is 0. The van der Waals surface area contributed by atoms with Gasteiger partial charge in [0.05, 0.1) is 18.8 Å². The summed E-state index contributed by atoms with van der Waals surface area (Å²) >= 11 is 0. The minimum Gasteiger partial charge on any atom is -0.375 e. The van der Waals surface area contributed by atoms with Crippen molar-refractivity contribution in [2.24, 2.45) is 16.7 Å². The second kappa shape index (κ2) is 4.46. The van der Waals surface area contributed by atoms with Gasteiger partial charge in [0.25, 0.3) is 0 Å². The Morgan fingerprint density at radius 1 is 1.32 bits per heavy atom. The zero-order valence-electron chi connectivity index (χ0n) is 12.4. The zero-order chi connectivity index (χ0) is 13.7. The summed E-state index contributed by atoms with van der Waals surface area (Å²) in [4.78, 5) is 0. The van der Waals surface area contributed by atoms with E-state index in [4.69, 9.17) is 4.74 Å². The van der Waals surface area contributed by atoms with Gasteiger partial charge in [-0.1, -0.05) is 20.8 Å². The Kier molecular flexibility index (Phi) is 3.15. The first-order chi connectivity index (χ1) is 8.97.